The van der Waals surface area contributed by atoms with Gasteiger partial charge in [-0.25, -0.2) is 9.78 Å². The van der Waals surface area contributed by atoms with Crippen LogP contribution in [0.5, 0.6) is 0 Å². The van der Waals surface area contributed by atoms with Gasteiger partial charge in [0.15, 0.2) is 4.96 Å². The third kappa shape index (κ3) is 3.70. The van der Waals surface area contributed by atoms with Gasteiger partial charge < -0.3 is 10.1 Å². The summed E-state index contributed by atoms with van der Waals surface area (Å²) >= 11 is 4.90. The van der Waals surface area contributed by atoms with Crippen molar-refractivity contribution in [1.82, 2.24) is 9.38 Å². The maximum absolute atomic E-state index is 12.3. The minimum Gasteiger partial charge on any atom is -0.462 e. The van der Waals surface area contributed by atoms with E-state index in [1.165, 1.54) is 43.4 Å². The predicted octanol–water partition coefficient (Wildman–Crippen LogP) is 6.06. The van der Waals surface area contributed by atoms with Gasteiger partial charge in [0.25, 0.3) is 0 Å². The van der Waals surface area contributed by atoms with Crippen LogP contribution >= 0.6 is 27.3 Å². The molecule has 2 heterocycles. The Morgan fingerprint density at radius 3 is 2.68 bits per heavy atom. The molecule has 0 atom stereocenters. The summed E-state index contributed by atoms with van der Waals surface area (Å²) < 4.78 is 8.36. The average Bonchev–Trinajstić information content (AvgIpc) is 3.21. The number of nitrogens with one attached hydrogen (secondary N) is 1. The van der Waals surface area contributed by atoms with E-state index in [-0.39, 0.29) is 5.97 Å². The van der Waals surface area contributed by atoms with E-state index in [4.69, 9.17) is 9.72 Å². The number of rotatable bonds is 5. The number of anilines is 1. The van der Waals surface area contributed by atoms with Crippen LogP contribution in [-0.4, -0.2) is 28.0 Å². The molecule has 1 saturated carbocycles. The van der Waals surface area contributed by atoms with E-state index in [0.717, 1.165) is 32.2 Å². The molecule has 3 aromatic rings. The molecule has 5 nitrogen and oxygen atoms in total. The lowest BCUT2D eigenvalue weighted by atomic mass is 9.95. The van der Waals surface area contributed by atoms with Gasteiger partial charge in [0.1, 0.15) is 16.4 Å². The molecular weight excluding hydrogens is 438 g/mol. The summed E-state index contributed by atoms with van der Waals surface area (Å²) in [5.41, 5.74) is 2.88. The highest BCUT2D eigenvalue weighted by molar-refractivity contribution is 9.10. The molecule has 0 unspecified atom stereocenters. The topological polar surface area (TPSA) is 55.6 Å². The van der Waals surface area contributed by atoms with E-state index in [1.807, 2.05) is 26.0 Å². The predicted molar refractivity (Wildman–Crippen MR) is 117 cm³/mol. The lowest BCUT2D eigenvalue weighted by molar-refractivity contribution is 0.0531. The molecule has 28 heavy (non-hydrogen) atoms. The molecule has 7 heteroatoms. The fourth-order valence-corrected chi connectivity index (χ4v) is 5.10. The van der Waals surface area contributed by atoms with E-state index in [1.54, 1.807) is 0 Å². The molecule has 0 spiro atoms. The Balaban J connectivity index is 1.82. The van der Waals surface area contributed by atoms with Crippen LogP contribution in [0.15, 0.2) is 28.7 Å². The van der Waals surface area contributed by atoms with Gasteiger partial charge in [-0.15, -0.1) is 0 Å². The van der Waals surface area contributed by atoms with Crippen LogP contribution in [0.3, 0.4) is 0 Å². The van der Waals surface area contributed by atoms with Crippen LogP contribution in [0, 0.1) is 6.92 Å². The zero-order chi connectivity index (χ0) is 19.7. The average molecular weight is 462 g/mol. The van der Waals surface area contributed by atoms with Crippen molar-refractivity contribution < 1.29 is 9.53 Å². The monoisotopic (exact) mass is 461 g/mol. The van der Waals surface area contributed by atoms with Gasteiger partial charge in [0.05, 0.1) is 6.61 Å². The molecule has 0 saturated heterocycles. The Labute approximate surface area is 177 Å². The maximum Gasteiger partial charge on any atom is 0.350 e. The van der Waals surface area contributed by atoms with E-state index < -0.39 is 0 Å². The smallest absolute Gasteiger partial charge is 0.350 e. The number of hydrogen-bond acceptors (Lipinski definition) is 5. The van der Waals surface area contributed by atoms with Crippen LogP contribution in [0.4, 0.5) is 5.82 Å². The van der Waals surface area contributed by atoms with Crippen LogP contribution < -0.4 is 5.32 Å². The zero-order valence-corrected chi connectivity index (χ0v) is 18.5. The third-order valence-corrected chi connectivity index (χ3v) is 6.88. The second kappa shape index (κ2) is 8.25. The van der Waals surface area contributed by atoms with Gasteiger partial charge in [0.2, 0.25) is 0 Å². The summed E-state index contributed by atoms with van der Waals surface area (Å²) in [6, 6.07) is 8.65. The molecule has 0 bridgehead atoms. The molecule has 0 aliphatic heterocycles. The Bertz CT molecular complexity index is 987. The highest BCUT2D eigenvalue weighted by Gasteiger charge is 2.25. The number of benzene rings is 1. The van der Waals surface area contributed by atoms with Crippen LogP contribution in [-0.2, 0) is 4.74 Å². The molecule has 1 aliphatic rings. The van der Waals surface area contributed by atoms with Crippen molar-refractivity contribution in [2.45, 2.75) is 52.0 Å². The summed E-state index contributed by atoms with van der Waals surface area (Å²) in [5.74, 6) is 0.706. The van der Waals surface area contributed by atoms with Gasteiger partial charge in [-0.2, -0.15) is 0 Å². The number of aromatic nitrogens is 2. The Kier molecular flexibility index (Phi) is 5.73. The highest BCUT2D eigenvalue weighted by Crippen LogP contribution is 2.36. The summed E-state index contributed by atoms with van der Waals surface area (Å²) in [5, 5.41) is 3.75. The largest absolute Gasteiger partial charge is 0.462 e. The molecule has 2 aromatic heterocycles. The van der Waals surface area contributed by atoms with Crippen molar-refractivity contribution in [3.05, 3.63) is 39.3 Å². The first kappa shape index (κ1) is 19.5. The lowest BCUT2D eigenvalue weighted by Crippen LogP contribution is -2.23. The van der Waals surface area contributed by atoms with E-state index in [9.17, 15) is 4.79 Å². The number of thiazole rings is 1. The first-order valence-electron chi connectivity index (χ1n) is 9.80. The van der Waals surface area contributed by atoms with E-state index in [2.05, 4.69) is 37.8 Å². The van der Waals surface area contributed by atoms with Gasteiger partial charge >= 0.3 is 5.97 Å². The second-order valence-corrected chi connectivity index (χ2v) is 9.04. The number of imidazole rings is 1. The molecular formula is C21H24BrN3O2S. The first-order chi connectivity index (χ1) is 13.6. The fraction of sp³-hybridized carbons (Fsp3) is 0.429. The Morgan fingerprint density at radius 2 is 2.00 bits per heavy atom. The molecule has 1 fully saturated rings. The number of nitrogens with zero attached hydrogens (tertiary/aromatic N) is 2. The highest BCUT2D eigenvalue weighted by atomic mass is 79.9. The molecule has 0 amide bonds. The standard InChI is InChI=1S/C21H24BrN3O2S/c1-3-27-20(26)18-13(2)25-19(23-16-7-5-4-6-8-16)17(24-21(25)28-18)14-9-11-15(22)12-10-14/h9-12,16,23H,3-8H2,1-2H3. The SMILES string of the molecule is CCOC(=O)c1sc2nc(-c3ccc(Br)cc3)c(NC3CCCCC3)n2c1C. The van der Waals surface area contributed by atoms with Crippen LogP contribution in [0.25, 0.3) is 16.2 Å². The molecule has 1 N–H and O–H groups in total. The summed E-state index contributed by atoms with van der Waals surface area (Å²) in [6.45, 7) is 4.16. The summed E-state index contributed by atoms with van der Waals surface area (Å²) in [6.07, 6.45) is 6.15. The fourth-order valence-electron chi connectivity index (χ4n) is 3.81. The van der Waals surface area contributed by atoms with E-state index in [0.29, 0.717) is 17.5 Å². The molecule has 1 aliphatic carbocycles. The van der Waals surface area contributed by atoms with Crippen molar-refractivity contribution in [2.75, 3.05) is 11.9 Å². The summed E-state index contributed by atoms with van der Waals surface area (Å²) in [4.78, 5) is 18.7. The Morgan fingerprint density at radius 1 is 1.29 bits per heavy atom. The van der Waals surface area contributed by atoms with Gasteiger partial charge in [-0.3, -0.25) is 4.40 Å². The molecule has 0 radical (unpaired) electrons. The number of carbonyl (C=O) groups is 1. The minimum absolute atomic E-state index is 0.274. The third-order valence-electron chi connectivity index (χ3n) is 5.23. The number of aryl methyl sites for hydroxylation is 1. The second-order valence-electron chi connectivity index (χ2n) is 7.15. The van der Waals surface area contributed by atoms with Crippen molar-refractivity contribution >= 4 is 44.0 Å². The maximum atomic E-state index is 12.3. The lowest BCUT2D eigenvalue weighted by Gasteiger charge is -2.24. The number of hydrogen-bond donors (Lipinski definition) is 1. The van der Waals surface area contributed by atoms with Gasteiger partial charge in [-0.05, 0) is 38.8 Å². The number of fused-ring (bicyclic) bond motifs is 1. The van der Waals surface area contributed by atoms with Crippen molar-refractivity contribution in [1.29, 1.82) is 0 Å². The number of carbonyl (C=O) groups excluding carboxylic acids is 1. The Hall–Kier alpha value is -1.86. The normalized spacial score (nSPS) is 15.1. The summed E-state index contributed by atoms with van der Waals surface area (Å²) in [7, 11) is 0. The molecule has 148 valence electrons. The quantitative estimate of drug-likeness (QED) is 0.469. The van der Waals surface area contributed by atoms with Crippen LogP contribution in [0.1, 0.15) is 54.4 Å². The first-order valence-corrected chi connectivity index (χ1v) is 11.4. The van der Waals surface area contributed by atoms with E-state index >= 15 is 0 Å². The number of esters is 1. The zero-order valence-electron chi connectivity index (χ0n) is 16.1. The number of halogens is 1. The van der Waals surface area contributed by atoms with Crippen molar-refractivity contribution in [3.8, 4) is 11.3 Å². The molecule has 4 rings (SSSR count). The van der Waals surface area contributed by atoms with Crippen molar-refractivity contribution in [3.63, 3.8) is 0 Å². The van der Waals surface area contributed by atoms with Gasteiger partial charge in [0, 0.05) is 21.8 Å². The van der Waals surface area contributed by atoms with Crippen molar-refractivity contribution in [2.24, 2.45) is 0 Å². The van der Waals surface area contributed by atoms with Crippen LogP contribution in [0.2, 0.25) is 0 Å². The molecule has 1 aromatic carbocycles. The minimum atomic E-state index is -0.274. The number of ether oxygens (including phenoxy) is 1. The van der Waals surface area contributed by atoms with Gasteiger partial charge in [-0.1, -0.05) is 58.7 Å².